The van der Waals surface area contributed by atoms with Crippen LogP contribution in [0.2, 0.25) is 0 Å². The van der Waals surface area contributed by atoms with Crippen molar-refractivity contribution in [1.82, 2.24) is 5.32 Å². The number of aldehydes is 1. The molecule has 0 bridgehead atoms. The van der Waals surface area contributed by atoms with Gasteiger partial charge in [0.2, 0.25) is 0 Å². The highest BCUT2D eigenvalue weighted by molar-refractivity contribution is 7.92. The number of hydrogen-bond acceptors (Lipinski definition) is 13. The quantitative estimate of drug-likeness (QED) is 0.0418. The molecule has 0 radical (unpaired) electrons. The minimum absolute atomic E-state index is 0.0919. The number of aromatic carboxylic acids is 1. The minimum atomic E-state index is -4.32. The number of ether oxygens (including phenoxy) is 2. The summed E-state index contributed by atoms with van der Waals surface area (Å²) in [5.41, 5.74) is -0.438. The molecule has 0 aromatic heterocycles. The lowest BCUT2D eigenvalue weighted by molar-refractivity contribution is -0.113. The van der Waals surface area contributed by atoms with E-state index in [9.17, 15) is 52.8 Å². The molecule has 0 spiro atoms. The number of carboxylic acids is 1. The molecule has 0 fully saturated rings. The van der Waals surface area contributed by atoms with Gasteiger partial charge >= 0.3 is 5.97 Å². The van der Waals surface area contributed by atoms with Crippen molar-refractivity contribution in [3.63, 3.8) is 0 Å². The molecule has 0 saturated carbocycles. The average molecular weight is 868 g/mol. The summed E-state index contributed by atoms with van der Waals surface area (Å²) in [5.74, 6) is -5.45. The normalized spacial score (nSPS) is 12.2. The van der Waals surface area contributed by atoms with Gasteiger partial charge in [-0.15, -0.1) is 0 Å². The van der Waals surface area contributed by atoms with Crippen LogP contribution in [0.3, 0.4) is 0 Å². The van der Waals surface area contributed by atoms with E-state index in [-0.39, 0.29) is 51.3 Å². The summed E-state index contributed by atoms with van der Waals surface area (Å²) in [7, 11) is -2.04. The molecular weight excluding hydrogens is 827 g/mol. The molecular formula is C43H41N5O13S. The van der Waals surface area contributed by atoms with E-state index < -0.39 is 56.2 Å². The number of phenols is 3. The van der Waals surface area contributed by atoms with Crippen LogP contribution in [-0.2, 0) is 19.6 Å². The second-order valence-corrected chi connectivity index (χ2v) is 15.4. The van der Waals surface area contributed by atoms with Crippen molar-refractivity contribution < 1.29 is 62.3 Å². The second-order valence-electron chi connectivity index (χ2n) is 13.8. The fourth-order valence-corrected chi connectivity index (χ4v) is 6.85. The van der Waals surface area contributed by atoms with Crippen LogP contribution in [0, 0.1) is 0 Å². The first-order valence-corrected chi connectivity index (χ1v) is 19.8. The van der Waals surface area contributed by atoms with Gasteiger partial charge in [0.25, 0.3) is 27.7 Å². The molecule has 5 aromatic carbocycles. The van der Waals surface area contributed by atoms with Gasteiger partial charge in [0.05, 0.1) is 36.1 Å². The Balaban J connectivity index is 1.19. The Kier molecular flexibility index (Phi) is 13.7. The lowest BCUT2D eigenvalue weighted by Gasteiger charge is -2.25. The number of nitrogens with one attached hydrogen (secondary N) is 5. The van der Waals surface area contributed by atoms with Crippen LogP contribution in [0.4, 0.5) is 22.7 Å². The summed E-state index contributed by atoms with van der Waals surface area (Å²) in [6.07, 6.45) is 2.21. The lowest BCUT2D eigenvalue weighted by atomic mass is 10.0. The first-order valence-electron chi connectivity index (χ1n) is 18.3. The van der Waals surface area contributed by atoms with Crippen LogP contribution in [0.1, 0.15) is 50.5 Å². The van der Waals surface area contributed by atoms with Crippen LogP contribution in [-0.4, -0.2) is 85.1 Å². The Morgan fingerprint density at radius 3 is 1.87 bits per heavy atom. The number of methoxy groups -OCH3 is 2. The first kappa shape index (κ1) is 45.0. The van der Waals surface area contributed by atoms with Crippen molar-refractivity contribution in [2.45, 2.75) is 24.3 Å². The van der Waals surface area contributed by atoms with Gasteiger partial charge in [-0.05, 0) is 110 Å². The smallest absolute Gasteiger partial charge is 0.339 e. The predicted molar refractivity (Wildman–Crippen MR) is 229 cm³/mol. The summed E-state index contributed by atoms with van der Waals surface area (Å²) < 4.78 is 39.3. The standard InChI is InChI=1S/C43H41N5O13S/c1-24(21-25-5-13-29(50)14-6-25)39(53)45-28-9-7-26(8-10-28)40(54)47-43(2,23-49)22-44-27-11-15-30(16-12-27)62(58,59)48-34-20-17-31(35(51)38(34)61-4)41(55)46-33-19-18-32(42(56)57)36(52)37(33)60-3/h5-21,23,44,48,50-52H,22H2,1-4H3,(H,45,53)(H,46,55)(H,47,54)(H,56,57)/b24-21+. The monoisotopic (exact) mass is 867 g/mol. The number of anilines is 4. The van der Waals surface area contributed by atoms with Crippen molar-refractivity contribution in [2.75, 3.05) is 41.4 Å². The van der Waals surface area contributed by atoms with E-state index in [2.05, 4.69) is 26.0 Å². The van der Waals surface area contributed by atoms with Crippen LogP contribution < -0.4 is 35.5 Å². The molecule has 62 heavy (non-hydrogen) atoms. The molecule has 0 aliphatic rings. The number of carbonyl (C=O) groups is 5. The highest BCUT2D eigenvalue weighted by atomic mass is 32.2. The highest BCUT2D eigenvalue weighted by Gasteiger charge is 2.28. The second kappa shape index (κ2) is 18.9. The van der Waals surface area contributed by atoms with Crippen molar-refractivity contribution in [3.05, 3.63) is 125 Å². The molecule has 0 heterocycles. The molecule has 1 unspecified atom stereocenters. The van der Waals surface area contributed by atoms with Gasteiger partial charge in [0.1, 0.15) is 23.1 Å². The van der Waals surface area contributed by atoms with Gasteiger partial charge in [-0.3, -0.25) is 19.1 Å². The third-order valence-electron chi connectivity index (χ3n) is 9.16. The number of sulfonamides is 1. The molecule has 0 saturated heterocycles. The summed E-state index contributed by atoms with van der Waals surface area (Å²) in [6, 6.07) is 22.2. The van der Waals surface area contributed by atoms with E-state index in [0.29, 0.717) is 23.2 Å². The number of rotatable bonds is 17. The van der Waals surface area contributed by atoms with Crippen LogP contribution in [0.5, 0.6) is 28.7 Å². The van der Waals surface area contributed by atoms with Gasteiger partial charge in [-0.2, -0.15) is 0 Å². The summed E-state index contributed by atoms with van der Waals surface area (Å²) >= 11 is 0. The van der Waals surface area contributed by atoms with Crippen molar-refractivity contribution in [2.24, 2.45) is 0 Å². The fraction of sp³-hybridized carbons (Fsp3) is 0.140. The molecule has 0 aliphatic carbocycles. The Morgan fingerprint density at radius 1 is 0.710 bits per heavy atom. The summed E-state index contributed by atoms with van der Waals surface area (Å²) in [4.78, 5) is 62.2. The summed E-state index contributed by atoms with van der Waals surface area (Å²) in [6.45, 7) is 3.03. The van der Waals surface area contributed by atoms with Gasteiger partial charge in [-0.25, -0.2) is 13.2 Å². The number of phenolic OH excluding ortho intramolecular Hbond substituents is 2. The van der Waals surface area contributed by atoms with E-state index in [4.69, 9.17) is 9.47 Å². The zero-order valence-electron chi connectivity index (χ0n) is 33.5. The fourth-order valence-electron chi connectivity index (χ4n) is 5.79. The summed E-state index contributed by atoms with van der Waals surface area (Å²) in [5, 5.41) is 50.7. The molecule has 1 atom stereocenters. The van der Waals surface area contributed by atoms with Crippen molar-refractivity contribution >= 4 is 68.8 Å². The van der Waals surface area contributed by atoms with E-state index in [1.165, 1.54) is 79.7 Å². The first-order chi connectivity index (χ1) is 29.4. The van der Waals surface area contributed by atoms with E-state index in [1.54, 1.807) is 25.1 Å². The van der Waals surface area contributed by atoms with E-state index in [1.807, 2.05) is 0 Å². The number of carboxylic acid groups (broad SMARTS) is 1. The molecule has 322 valence electrons. The molecule has 3 amide bonds. The minimum Gasteiger partial charge on any atom is -0.508 e. The molecule has 5 aromatic rings. The van der Waals surface area contributed by atoms with Crippen molar-refractivity contribution in [1.29, 1.82) is 0 Å². The van der Waals surface area contributed by atoms with Gasteiger partial charge in [0.15, 0.2) is 23.0 Å². The van der Waals surface area contributed by atoms with Gasteiger partial charge in [-0.1, -0.05) is 12.1 Å². The molecule has 19 heteroatoms. The zero-order chi connectivity index (χ0) is 45.4. The Morgan fingerprint density at radius 2 is 1.27 bits per heavy atom. The maximum absolute atomic E-state index is 13.4. The molecule has 5 rings (SSSR count). The topological polar surface area (TPSA) is 279 Å². The van der Waals surface area contributed by atoms with E-state index in [0.717, 1.165) is 31.9 Å². The molecule has 18 nitrogen and oxygen atoms in total. The largest absolute Gasteiger partial charge is 0.508 e. The number of benzene rings is 5. The third-order valence-corrected chi connectivity index (χ3v) is 10.5. The zero-order valence-corrected chi connectivity index (χ0v) is 34.3. The Bertz CT molecular complexity index is 2670. The maximum atomic E-state index is 13.4. The van der Waals surface area contributed by atoms with Gasteiger partial charge < -0.3 is 56.0 Å². The molecule has 9 N–H and O–H groups in total. The number of carbonyl (C=O) groups excluding carboxylic acids is 4. The average Bonchev–Trinajstić information content (AvgIpc) is 3.24. The Labute approximate surface area is 354 Å². The highest BCUT2D eigenvalue weighted by Crippen LogP contribution is 2.41. The number of aromatic hydroxyl groups is 3. The Hall–Kier alpha value is -8.06. The third kappa shape index (κ3) is 10.6. The number of hydrogen-bond donors (Lipinski definition) is 9. The van der Waals surface area contributed by atoms with E-state index >= 15 is 0 Å². The van der Waals surface area contributed by atoms with Gasteiger partial charge in [0, 0.05) is 29.1 Å². The lowest BCUT2D eigenvalue weighted by Crippen LogP contribution is -2.52. The van der Waals surface area contributed by atoms with Crippen LogP contribution in [0.15, 0.2) is 108 Å². The maximum Gasteiger partial charge on any atom is 0.339 e. The molecule has 0 aliphatic heterocycles. The van der Waals surface area contributed by atoms with Crippen LogP contribution >= 0.6 is 0 Å². The number of amides is 3. The van der Waals surface area contributed by atoms with Crippen LogP contribution in [0.25, 0.3) is 6.08 Å². The SMILES string of the molecule is COc1c(NC(=O)c2ccc(NS(=O)(=O)c3ccc(NCC(C)(C=O)NC(=O)c4ccc(NC(=O)/C(C)=C/c5ccc(O)cc5)cc4)cc3)c(OC)c2O)ccc(C(=O)O)c1O. The predicted octanol–water partition coefficient (Wildman–Crippen LogP) is 5.41. The van der Waals surface area contributed by atoms with Crippen molar-refractivity contribution in [3.8, 4) is 28.7 Å².